The molecule has 0 spiro atoms. The first-order valence-electron chi connectivity index (χ1n) is 8.39. The zero-order chi connectivity index (χ0) is 17.8. The van der Waals surface area contributed by atoms with Crippen LogP contribution in [0.5, 0.6) is 5.75 Å². The van der Waals surface area contributed by atoms with Crippen LogP contribution in [0.15, 0.2) is 36.5 Å². The molecule has 1 atom stereocenters. The normalized spacial score (nSPS) is 17.0. The van der Waals surface area contributed by atoms with Crippen molar-refractivity contribution in [1.82, 2.24) is 15.1 Å². The van der Waals surface area contributed by atoms with Gasteiger partial charge >= 0.3 is 0 Å². The maximum atomic E-state index is 12.5. The van der Waals surface area contributed by atoms with Crippen LogP contribution >= 0.6 is 0 Å². The van der Waals surface area contributed by atoms with Crippen molar-refractivity contribution in [3.63, 3.8) is 0 Å². The number of hydrogen-bond donors (Lipinski definition) is 1. The smallest absolute Gasteiger partial charge is 0.269 e. The topological polar surface area (TPSA) is 76.5 Å². The number of hydrogen-bond acceptors (Lipinski definition) is 4. The second-order valence-corrected chi connectivity index (χ2v) is 6.02. The van der Waals surface area contributed by atoms with Crippen molar-refractivity contribution in [3.8, 4) is 5.75 Å². The standard InChI is InChI=1S/C18H22N4O3/c1-3-10-22-16(8-9-19-22)18(24)20-13-11-17(23)21(12-13)14-4-6-15(25-2)7-5-14/h4-9,13H,3,10-12H2,1-2H3,(H,20,24). The van der Waals surface area contributed by atoms with Gasteiger partial charge < -0.3 is 15.0 Å². The lowest BCUT2D eigenvalue weighted by Gasteiger charge is -2.17. The van der Waals surface area contributed by atoms with Crippen LogP contribution in [0.4, 0.5) is 5.69 Å². The van der Waals surface area contributed by atoms with Crippen molar-refractivity contribution in [2.45, 2.75) is 32.4 Å². The van der Waals surface area contributed by atoms with E-state index in [0.29, 0.717) is 25.2 Å². The number of benzene rings is 1. The number of rotatable bonds is 6. The van der Waals surface area contributed by atoms with Crippen molar-refractivity contribution in [2.24, 2.45) is 0 Å². The Kier molecular flexibility index (Phi) is 5.02. The van der Waals surface area contributed by atoms with Gasteiger partial charge in [-0.2, -0.15) is 5.10 Å². The summed E-state index contributed by atoms with van der Waals surface area (Å²) < 4.78 is 6.82. The van der Waals surface area contributed by atoms with Crippen molar-refractivity contribution in [3.05, 3.63) is 42.2 Å². The third-order valence-corrected chi connectivity index (χ3v) is 4.23. The highest BCUT2D eigenvalue weighted by Gasteiger charge is 2.32. The molecule has 1 aromatic carbocycles. The van der Waals surface area contributed by atoms with Crippen LogP contribution < -0.4 is 15.0 Å². The van der Waals surface area contributed by atoms with Gasteiger partial charge in [0.2, 0.25) is 5.91 Å². The number of methoxy groups -OCH3 is 1. The van der Waals surface area contributed by atoms with Gasteiger partial charge in [0.05, 0.1) is 13.2 Å². The molecule has 25 heavy (non-hydrogen) atoms. The molecule has 2 amide bonds. The predicted octanol–water partition coefficient (Wildman–Crippen LogP) is 1.84. The Labute approximate surface area is 146 Å². The van der Waals surface area contributed by atoms with Crippen LogP contribution in [0.3, 0.4) is 0 Å². The fourth-order valence-corrected chi connectivity index (χ4v) is 2.99. The number of nitrogens with one attached hydrogen (secondary N) is 1. The van der Waals surface area contributed by atoms with Crippen molar-refractivity contribution >= 4 is 17.5 Å². The summed E-state index contributed by atoms with van der Waals surface area (Å²) in [5.74, 6) is 0.544. The number of aryl methyl sites for hydroxylation is 1. The summed E-state index contributed by atoms with van der Waals surface area (Å²) >= 11 is 0. The van der Waals surface area contributed by atoms with Gasteiger partial charge in [0.15, 0.2) is 0 Å². The molecule has 132 valence electrons. The summed E-state index contributed by atoms with van der Waals surface area (Å²) in [7, 11) is 1.60. The van der Waals surface area contributed by atoms with E-state index in [1.54, 1.807) is 29.0 Å². The van der Waals surface area contributed by atoms with Gasteiger partial charge in [-0.05, 0) is 36.8 Å². The summed E-state index contributed by atoms with van der Waals surface area (Å²) in [5, 5.41) is 7.11. The van der Waals surface area contributed by atoms with Crippen LogP contribution in [0.1, 0.15) is 30.3 Å². The first-order valence-corrected chi connectivity index (χ1v) is 8.39. The Morgan fingerprint density at radius 1 is 1.32 bits per heavy atom. The van der Waals surface area contributed by atoms with E-state index in [0.717, 1.165) is 17.9 Å². The zero-order valence-electron chi connectivity index (χ0n) is 14.4. The molecule has 2 aromatic rings. The fourth-order valence-electron chi connectivity index (χ4n) is 2.99. The lowest BCUT2D eigenvalue weighted by atomic mass is 10.2. The van der Waals surface area contributed by atoms with Crippen LogP contribution in [-0.2, 0) is 11.3 Å². The summed E-state index contributed by atoms with van der Waals surface area (Å²) in [6, 6.07) is 8.81. The van der Waals surface area contributed by atoms with E-state index in [1.165, 1.54) is 0 Å². The highest BCUT2D eigenvalue weighted by atomic mass is 16.5. The van der Waals surface area contributed by atoms with E-state index in [1.807, 2.05) is 31.2 Å². The highest BCUT2D eigenvalue weighted by Crippen LogP contribution is 2.24. The minimum absolute atomic E-state index is 0.00228. The Morgan fingerprint density at radius 2 is 2.08 bits per heavy atom. The molecule has 1 aliphatic rings. The predicted molar refractivity (Wildman–Crippen MR) is 93.7 cm³/mol. The summed E-state index contributed by atoms with van der Waals surface area (Å²) in [5.41, 5.74) is 1.33. The molecule has 0 bridgehead atoms. The molecule has 0 radical (unpaired) electrons. The number of amides is 2. The molecule has 0 aliphatic carbocycles. The van der Waals surface area contributed by atoms with Gasteiger partial charge in [0, 0.05) is 31.4 Å². The lowest BCUT2D eigenvalue weighted by Crippen LogP contribution is -2.38. The molecule has 1 fully saturated rings. The third-order valence-electron chi connectivity index (χ3n) is 4.23. The molecule has 1 aliphatic heterocycles. The first kappa shape index (κ1) is 17.0. The fraction of sp³-hybridized carbons (Fsp3) is 0.389. The van der Waals surface area contributed by atoms with Crippen LogP contribution in [0, 0.1) is 0 Å². The molecule has 0 saturated carbocycles. The summed E-state index contributed by atoms with van der Waals surface area (Å²) in [4.78, 5) is 26.5. The second kappa shape index (κ2) is 7.38. The maximum absolute atomic E-state index is 12.5. The quantitative estimate of drug-likeness (QED) is 0.869. The SMILES string of the molecule is CCCn1nccc1C(=O)NC1CC(=O)N(c2ccc(OC)cc2)C1. The van der Waals surface area contributed by atoms with E-state index in [-0.39, 0.29) is 17.9 Å². The molecule has 7 nitrogen and oxygen atoms in total. The van der Waals surface area contributed by atoms with Gasteiger partial charge in [-0.3, -0.25) is 14.3 Å². The molecule has 1 aromatic heterocycles. The lowest BCUT2D eigenvalue weighted by molar-refractivity contribution is -0.117. The third kappa shape index (κ3) is 3.65. The Balaban J connectivity index is 1.65. The molecule has 1 unspecified atom stereocenters. The average molecular weight is 342 g/mol. The average Bonchev–Trinajstić information content (AvgIpc) is 3.22. The highest BCUT2D eigenvalue weighted by molar-refractivity contribution is 5.98. The molecule has 1 N–H and O–H groups in total. The van der Waals surface area contributed by atoms with Gasteiger partial charge in [0.25, 0.3) is 5.91 Å². The molecule has 3 rings (SSSR count). The Hall–Kier alpha value is -2.83. The minimum Gasteiger partial charge on any atom is -0.497 e. The number of carbonyl (C=O) groups is 2. The Morgan fingerprint density at radius 3 is 2.76 bits per heavy atom. The first-order chi connectivity index (χ1) is 12.1. The van der Waals surface area contributed by atoms with Gasteiger partial charge in [-0.25, -0.2) is 0 Å². The van der Waals surface area contributed by atoms with Crippen LogP contribution in [-0.4, -0.2) is 41.3 Å². The second-order valence-electron chi connectivity index (χ2n) is 6.02. The number of aromatic nitrogens is 2. The number of anilines is 1. The van der Waals surface area contributed by atoms with E-state index in [4.69, 9.17) is 4.74 Å². The minimum atomic E-state index is -0.216. The summed E-state index contributed by atoms with van der Waals surface area (Å²) in [6.07, 6.45) is 2.81. The van der Waals surface area contributed by atoms with Gasteiger partial charge in [-0.1, -0.05) is 6.92 Å². The van der Waals surface area contributed by atoms with Crippen molar-refractivity contribution in [2.75, 3.05) is 18.6 Å². The van der Waals surface area contributed by atoms with Crippen LogP contribution in [0.25, 0.3) is 0 Å². The largest absolute Gasteiger partial charge is 0.497 e. The van der Waals surface area contributed by atoms with Gasteiger partial charge in [-0.15, -0.1) is 0 Å². The number of carbonyl (C=O) groups excluding carboxylic acids is 2. The van der Waals surface area contributed by atoms with Crippen LogP contribution in [0.2, 0.25) is 0 Å². The van der Waals surface area contributed by atoms with Gasteiger partial charge in [0.1, 0.15) is 11.4 Å². The van der Waals surface area contributed by atoms with E-state index < -0.39 is 0 Å². The zero-order valence-corrected chi connectivity index (χ0v) is 14.4. The summed E-state index contributed by atoms with van der Waals surface area (Å²) in [6.45, 7) is 3.18. The Bertz CT molecular complexity index is 754. The van der Waals surface area contributed by atoms with E-state index in [9.17, 15) is 9.59 Å². The maximum Gasteiger partial charge on any atom is 0.269 e. The van der Waals surface area contributed by atoms with E-state index in [2.05, 4.69) is 10.4 Å². The monoisotopic (exact) mass is 342 g/mol. The van der Waals surface area contributed by atoms with Crippen molar-refractivity contribution in [1.29, 1.82) is 0 Å². The molecule has 1 saturated heterocycles. The molecular weight excluding hydrogens is 320 g/mol. The molecule has 7 heteroatoms. The van der Waals surface area contributed by atoms with E-state index >= 15 is 0 Å². The number of ether oxygens (including phenoxy) is 1. The van der Waals surface area contributed by atoms with Crippen molar-refractivity contribution < 1.29 is 14.3 Å². The molecular formula is C18H22N4O3. The molecule has 2 heterocycles. The number of nitrogens with zero attached hydrogens (tertiary/aromatic N) is 3.